The standard InChI is InChI=1S/C15H17F2N3O/c16-13(17)15-18-10-6-2-1-5-9(10)14(20-15)19-11-7-3-4-8-12(11)21/h1-2,5-6,11-13,21H,3-4,7-8H2,(H,18,19,20)/t11-,12-/m0/s1. The number of rotatable bonds is 3. The van der Waals surface area contributed by atoms with Gasteiger partial charge in [-0.15, -0.1) is 0 Å². The highest BCUT2D eigenvalue weighted by Crippen LogP contribution is 2.27. The van der Waals surface area contributed by atoms with Gasteiger partial charge in [0.2, 0.25) is 0 Å². The Bertz CT molecular complexity index is 635. The summed E-state index contributed by atoms with van der Waals surface area (Å²) in [4.78, 5) is 7.83. The van der Waals surface area contributed by atoms with Gasteiger partial charge in [0, 0.05) is 5.39 Å². The molecule has 1 aromatic heterocycles. The summed E-state index contributed by atoms with van der Waals surface area (Å²) in [5.74, 6) is -0.108. The van der Waals surface area contributed by atoms with E-state index < -0.39 is 18.4 Å². The van der Waals surface area contributed by atoms with Crippen LogP contribution in [0.1, 0.15) is 37.9 Å². The number of halogens is 2. The van der Waals surface area contributed by atoms with Gasteiger partial charge < -0.3 is 10.4 Å². The molecule has 3 rings (SSSR count). The summed E-state index contributed by atoms with van der Waals surface area (Å²) in [6.45, 7) is 0. The van der Waals surface area contributed by atoms with Gasteiger partial charge in [-0.1, -0.05) is 25.0 Å². The lowest BCUT2D eigenvalue weighted by Crippen LogP contribution is -2.36. The van der Waals surface area contributed by atoms with Crippen molar-refractivity contribution in [3.05, 3.63) is 30.1 Å². The number of para-hydroxylation sites is 1. The average molecular weight is 293 g/mol. The maximum atomic E-state index is 12.9. The molecule has 0 radical (unpaired) electrons. The molecule has 2 aromatic rings. The Morgan fingerprint density at radius 2 is 1.90 bits per heavy atom. The molecule has 0 aliphatic heterocycles. The van der Waals surface area contributed by atoms with Crippen LogP contribution in [-0.4, -0.2) is 27.2 Å². The van der Waals surface area contributed by atoms with E-state index in [9.17, 15) is 13.9 Å². The zero-order valence-electron chi connectivity index (χ0n) is 11.5. The van der Waals surface area contributed by atoms with Gasteiger partial charge in [0.15, 0.2) is 5.82 Å². The van der Waals surface area contributed by atoms with Crippen LogP contribution in [0, 0.1) is 0 Å². The summed E-state index contributed by atoms with van der Waals surface area (Å²) in [5.41, 5.74) is 0.482. The minimum Gasteiger partial charge on any atom is -0.391 e. The van der Waals surface area contributed by atoms with Crippen LogP contribution in [0.2, 0.25) is 0 Å². The molecule has 0 bridgehead atoms. The van der Waals surface area contributed by atoms with Crippen LogP contribution >= 0.6 is 0 Å². The first-order valence-electron chi connectivity index (χ1n) is 7.14. The highest BCUT2D eigenvalue weighted by Gasteiger charge is 2.24. The second kappa shape index (κ2) is 5.89. The molecule has 0 spiro atoms. The van der Waals surface area contributed by atoms with Crippen molar-refractivity contribution in [3.8, 4) is 0 Å². The van der Waals surface area contributed by atoms with Crippen LogP contribution in [0.25, 0.3) is 10.9 Å². The lowest BCUT2D eigenvalue weighted by molar-refractivity contribution is 0.116. The third-order valence-electron chi connectivity index (χ3n) is 3.87. The van der Waals surface area contributed by atoms with E-state index in [0.717, 1.165) is 25.7 Å². The van der Waals surface area contributed by atoms with Gasteiger partial charge in [-0.05, 0) is 25.0 Å². The predicted molar refractivity (Wildman–Crippen MR) is 76.4 cm³/mol. The zero-order chi connectivity index (χ0) is 14.8. The molecule has 0 amide bonds. The van der Waals surface area contributed by atoms with E-state index in [1.165, 1.54) is 0 Å². The summed E-state index contributed by atoms with van der Waals surface area (Å²) in [5, 5.41) is 13.9. The largest absolute Gasteiger partial charge is 0.391 e. The molecule has 1 aliphatic rings. The Labute approximate surface area is 121 Å². The van der Waals surface area contributed by atoms with Gasteiger partial charge in [0.25, 0.3) is 6.43 Å². The minimum absolute atomic E-state index is 0.150. The van der Waals surface area contributed by atoms with E-state index in [4.69, 9.17) is 0 Å². The maximum Gasteiger partial charge on any atom is 0.297 e. The van der Waals surface area contributed by atoms with E-state index in [2.05, 4.69) is 15.3 Å². The van der Waals surface area contributed by atoms with Crippen molar-refractivity contribution in [2.24, 2.45) is 0 Å². The second-order valence-corrected chi connectivity index (χ2v) is 5.35. The topological polar surface area (TPSA) is 58.0 Å². The quantitative estimate of drug-likeness (QED) is 0.911. The van der Waals surface area contributed by atoms with Crippen LogP contribution in [0.4, 0.5) is 14.6 Å². The van der Waals surface area contributed by atoms with Crippen molar-refractivity contribution in [1.82, 2.24) is 9.97 Å². The van der Waals surface area contributed by atoms with Gasteiger partial charge in [-0.25, -0.2) is 18.7 Å². The first kappa shape index (κ1) is 14.1. The van der Waals surface area contributed by atoms with Crippen molar-refractivity contribution < 1.29 is 13.9 Å². The number of benzene rings is 1. The molecule has 1 fully saturated rings. The molecular weight excluding hydrogens is 276 g/mol. The lowest BCUT2D eigenvalue weighted by atomic mass is 9.92. The van der Waals surface area contributed by atoms with E-state index in [0.29, 0.717) is 16.7 Å². The third kappa shape index (κ3) is 2.95. The number of aliphatic hydroxyl groups excluding tert-OH is 1. The molecule has 21 heavy (non-hydrogen) atoms. The molecule has 1 aromatic carbocycles. The molecule has 2 atom stereocenters. The summed E-state index contributed by atoms with van der Waals surface area (Å²) in [7, 11) is 0. The molecule has 112 valence electrons. The van der Waals surface area contributed by atoms with Gasteiger partial charge >= 0.3 is 0 Å². The summed E-state index contributed by atoms with van der Waals surface area (Å²) in [6, 6.07) is 6.90. The molecule has 0 unspecified atom stereocenters. The Kier molecular flexibility index (Phi) is 3.96. The molecule has 6 heteroatoms. The molecule has 0 saturated heterocycles. The minimum atomic E-state index is -2.72. The van der Waals surface area contributed by atoms with Gasteiger partial charge in [0.1, 0.15) is 5.82 Å². The number of aliphatic hydroxyl groups is 1. The number of nitrogens with zero attached hydrogens (tertiary/aromatic N) is 2. The first-order chi connectivity index (χ1) is 10.1. The number of alkyl halides is 2. The van der Waals surface area contributed by atoms with Crippen LogP contribution in [0.15, 0.2) is 24.3 Å². The summed E-state index contributed by atoms with van der Waals surface area (Å²) < 4.78 is 25.9. The normalized spacial score (nSPS) is 22.7. The average Bonchev–Trinajstić information content (AvgIpc) is 2.49. The number of fused-ring (bicyclic) bond motifs is 1. The smallest absolute Gasteiger partial charge is 0.297 e. The number of nitrogens with one attached hydrogen (secondary N) is 1. The van der Waals surface area contributed by atoms with E-state index >= 15 is 0 Å². The van der Waals surface area contributed by atoms with E-state index in [1.807, 2.05) is 6.07 Å². The van der Waals surface area contributed by atoms with Crippen molar-refractivity contribution in [3.63, 3.8) is 0 Å². The number of aromatic nitrogens is 2. The van der Waals surface area contributed by atoms with E-state index in [-0.39, 0.29) is 6.04 Å². The molecule has 1 aliphatic carbocycles. The molecule has 1 saturated carbocycles. The third-order valence-corrected chi connectivity index (χ3v) is 3.87. The number of hydrogen-bond acceptors (Lipinski definition) is 4. The fourth-order valence-corrected chi connectivity index (χ4v) is 2.76. The van der Waals surface area contributed by atoms with Gasteiger partial charge in [0.05, 0.1) is 17.7 Å². The highest BCUT2D eigenvalue weighted by molar-refractivity contribution is 5.89. The second-order valence-electron chi connectivity index (χ2n) is 5.35. The molecule has 4 nitrogen and oxygen atoms in total. The molecule has 2 N–H and O–H groups in total. The Balaban J connectivity index is 1.99. The fraction of sp³-hybridized carbons (Fsp3) is 0.467. The van der Waals surface area contributed by atoms with Crippen LogP contribution in [0.3, 0.4) is 0 Å². The van der Waals surface area contributed by atoms with Crippen LogP contribution in [0.5, 0.6) is 0 Å². The Hall–Kier alpha value is -1.82. The van der Waals surface area contributed by atoms with Gasteiger partial charge in [-0.2, -0.15) is 0 Å². The maximum absolute atomic E-state index is 12.9. The SMILES string of the molecule is O[C@H]1CCCC[C@@H]1Nc1nc(C(F)F)nc2ccccc12. The van der Waals surface area contributed by atoms with Crippen LogP contribution < -0.4 is 5.32 Å². The van der Waals surface area contributed by atoms with E-state index in [1.54, 1.807) is 18.2 Å². The zero-order valence-corrected chi connectivity index (χ0v) is 11.5. The van der Waals surface area contributed by atoms with Gasteiger partial charge in [-0.3, -0.25) is 0 Å². The summed E-state index contributed by atoms with van der Waals surface area (Å²) in [6.07, 6.45) is 0.353. The lowest BCUT2D eigenvalue weighted by Gasteiger charge is -2.29. The number of anilines is 1. The highest BCUT2D eigenvalue weighted by atomic mass is 19.3. The van der Waals surface area contributed by atoms with Crippen molar-refractivity contribution in [1.29, 1.82) is 0 Å². The number of hydrogen-bond donors (Lipinski definition) is 2. The van der Waals surface area contributed by atoms with Crippen LogP contribution in [-0.2, 0) is 0 Å². The molecular formula is C15H17F2N3O. The van der Waals surface area contributed by atoms with Crippen molar-refractivity contribution >= 4 is 16.7 Å². The Morgan fingerprint density at radius 3 is 2.67 bits per heavy atom. The predicted octanol–water partition coefficient (Wildman–Crippen LogP) is 3.28. The molecule has 1 heterocycles. The van der Waals surface area contributed by atoms with Crippen molar-refractivity contribution in [2.75, 3.05) is 5.32 Å². The monoisotopic (exact) mass is 293 g/mol. The van der Waals surface area contributed by atoms with Crippen molar-refractivity contribution in [2.45, 2.75) is 44.3 Å². The fourth-order valence-electron chi connectivity index (χ4n) is 2.76. The Morgan fingerprint density at radius 1 is 1.14 bits per heavy atom. The summed E-state index contributed by atoms with van der Waals surface area (Å²) >= 11 is 0. The first-order valence-corrected chi connectivity index (χ1v) is 7.14.